The molecular weight excluding hydrogens is 363 g/mol. The van der Waals surface area contributed by atoms with Crippen molar-refractivity contribution in [1.29, 1.82) is 0 Å². The first-order valence-corrected chi connectivity index (χ1v) is 9.09. The van der Waals surface area contributed by atoms with Crippen molar-refractivity contribution in [3.8, 4) is 11.5 Å². The number of amides is 1. The molecule has 0 saturated carbocycles. The average molecular weight is 378 g/mol. The van der Waals surface area contributed by atoms with Crippen LogP contribution in [-0.4, -0.2) is 10.5 Å². The molecule has 0 fully saturated rings. The Morgan fingerprint density at radius 3 is 2.52 bits per heavy atom. The van der Waals surface area contributed by atoms with Crippen molar-refractivity contribution in [2.24, 2.45) is 12.0 Å². The van der Waals surface area contributed by atoms with Gasteiger partial charge in [-0.15, -0.1) is 0 Å². The molecule has 0 unspecified atom stereocenters. The van der Waals surface area contributed by atoms with Gasteiger partial charge < -0.3 is 9.30 Å². The Balaban J connectivity index is 1.68. The van der Waals surface area contributed by atoms with Crippen molar-refractivity contribution in [3.63, 3.8) is 0 Å². The fraction of sp³-hybridized carbons (Fsp3) is 0.0476. The molecule has 0 bridgehead atoms. The minimum absolute atomic E-state index is 0.335. The first-order chi connectivity index (χ1) is 13.1. The molecule has 4 rings (SSSR count). The number of nitrogens with zero attached hydrogens (tertiary/aromatic N) is 2. The molecule has 1 amide bonds. The quantitative estimate of drug-likeness (QED) is 0.508. The minimum Gasteiger partial charge on any atom is -0.457 e. The van der Waals surface area contributed by atoms with Crippen LogP contribution < -0.4 is 9.54 Å². The van der Waals surface area contributed by atoms with E-state index in [0.29, 0.717) is 27.4 Å². The summed E-state index contributed by atoms with van der Waals surface area (Å²) in [4.78, 5) is 17.2. The fourth-order valence-electron chi connectivity index (χ4n) is 2.73. The van der Waals surface area contributed by atoms with E-state index in [1.807, 2.05) is 30.3 Å². The number of hydrogen-bond acceptors (Lipinski definition) is 3. The molecule has 0 aliphatic rings. The number of aryl methyl sites for hydroxylation is 1. The summed E-state index contributed by atoms with van der Waals surface area (Å²) in [7, 11) is 1.70. The molecule has 6 heteroatoms. The summed E-state index contributed by atoms with van der Waals surface area (Å²) in [6.45, 7) is 0. The van der Waals surface area contributed by atoms with Gasteiger partial charge in [-0.3, -0.25) is 4.79 Å². The highest BCUT2D eigenvalue weighted by Gasteiger charge is 2.11. The summed E-state index contributed by atoms with van der Waals surface area (Å²) in [6, 6.07) is 21.0. The number of hydrogen-bond donors (Lipinski definition) is 0. The van der Waals surface area contributed by atoms with E-state index in [9.17, 15) is 9.18 Å². The van der Waals surface area contributed by atoms with Crippen molar-refractivity contribution < 1.29 is 13.9 Å². The van der Waals surface area contributed by atoms with Crippen LogP contribution in [0, 0.1) is 5.82 Å². The maximum Gasteiger partial charge on any atom is 0.279 e. The first-order valence-electron chi connectivity index (χ1n) is 8.28. The second-order valence-corrected chi connectivity index (χ2v) is 6.90. The third-order valence-electron chi connectivity index (χ3n) is 4.03. The van der Waals surface area contributed by atoms with E-state index in [1.54, 1.807) is 48.0 Å². The summed E-state index contributed by atoms with van der Waals surface area (Å²) in [5, 5.41) is 0. The Morgan fingerprint density at radius 2 is 1.74 bits per heavy atom. The molecule has 1 aromatic heterocycles. The molecule has 0 atom stereocenters. The van der Waals surface area contributed by atoms with Gasteiger partial charge in [0.1, 0.15) is 17.3 Å². The van der Waals surface area contributed by atoms with Gasteiger partial charge in [0.15, 0.2) is 4.80 Å². The topological polar surface area (TPSA) is 43.6 Å². The summed E-state index contributed by atoms with van der Waals surface area (Å²) in [5.74, 6) is 0.494. The second-order valence-electron chi connectivity index (χ2n) is 5.89. The van der Waals surface area contributed by atoms with Gasteiger partial charge in [0.05, 0.1) is 10.2 Å². The van der Waals surface area contributed by atoms with Crippen LogP contribution in [0.1, 0.15) is 10.4 Å². The molecule has 1 heterocycles. The molecule has 0 aliphatic carbocycles. The van der Waals surface area contributed by atoms with Crippen LogP contribution in [0.2, 0.25) is 0 Å². The fourth-order valence-corrected chi connectivity index (χ4v) is 3.76. The molecular formula is C21H15FN2O2S. The molecule has 4 aromatic rings. The first kappa shape index (κ1) is 17.2. The van der Waals surface area contributed by atoms with E-state index in [2.05, 4.69) is 4.99 Å². The number of ether oxygens (including phenoxy) is 1. The summed E-state index contributed by atoms with van der Waals surface area (Å²) < 4.78 is 22.1. The van der Waals surface area contributed by atoms with Crippen LogP contribution in [0.4, 0.5) is 4.39 Å². The number of thiazole rings is 1. The highest BCUT2D eigenvalue weighted by Crippen LogP contribution is 2.22. The van der Waals surface area contributed by atoms with E-state index in [4.69, 9.17) is 4.74 Å². The largest absolute Gasteiger partial charge is 0.457 e. The molecule has 0 saturated heterocycles. The zero-order valence-electron chi connectivity index (χ0n) is 14.4. The number of rotatable bonds is 3. The number of benzene rings is 3. The Bertz CT molecular complexity index is 1200. The lowest BCUT2D eigenvalue weighted by atomic mass is 10.2. The number of halogens is 1. The molecule has 0 spiro atoms. The van der Waals surface area contributed by atoms with Crippen LogP contribution in [0.3, 0.4) is 0 Å². The highest BCUT2D eigenvalue weighted by molar-refractivity contribution is 7.16. The van der Waals surface area contributed by atoms with Crippen molar-refractivity contribution in [3.05, 3.63) is 89.0 Å². The monoisotopic (exact) mass is 378 g/mol. The summed E-state index contributed by atoms with van der Waals surface area (Å²) in [5.41, 5.74) is 0.844. The average Bonchev–Trinajstić information content (AvgIpc) is 2.99. The molecule has 0 radical (unpaired) electrons. The number of para-hydroxylation sites is 2. The smallest absolute Gasteiger partial charge is 0.279 e. The van der Waals surface area contributed by atoms with Gasteiger partial charge in [-0.25, -0.2) is 4.39 Å². The Hall–Kier alpha value is -3.25. The maximum absolute atomic E-state index is 14.0. The number of aromatic nitrogens is 1. The summed E-state index contributed by atoms with van der Waals surface area (Å²) in [6.07, 6.45) is 0. The number of fused-ring (bicyclic) bond motifs is 1. The molecule has 4 nitrogen and oxygen atoms in total. The van der Waals surface area contributed by atoms with Gasteiger partial charge in [0, 0.05) is 12.6 Å². The third kappa shape index (κ3) is 3.52. The molecule has 27 heavy (non-hydrogen) atoms. The van der Waals surface area contributed by atoms with Gasteiger partial charge >= 0.3 is 0 Å². The van der Waals surface area contributed by atoms with Gasteiger partial charge in [-0.2, -0.15) is 4.99 Å². The molecule has 134 valence electrons. The van der Waals surface area contributed by atoms with Crippen LogP contribution >= 0.6 is 11.3 Å². The minimum atomic E-state index is -0.406. The SMILES string of the molecule is Cn1c(=NC(=O)c2cccc(Oc3ccccc3)c2)sc2cccc(F)c21. The van der Waals surface area contributed by atoms with Crippen LogP contribution in [0.15, 0.2) is 77.8 Å². The molecule has 0 aliphatic heterocycles. The van der Waals surface area contributed by atoms with Crippen molar-refractivity contribution in [1.82, 2.24) is 4.57 Å². The normalized spacial score (nSPS) is 11.7. The van der Waals surface area contributed by atoms with E-state index >= 15 is 0 Å². The Morgan fingerprint density at radius 1 is 1.00 bits per heavy atom. The highest BCUT2D eigenvalue weighted by atomic mass is 32.1. The standard InChI is InChI=1S/C21H15FN2O2S/c1-24-19-17(22)11-6-12-18(19)27-21(24)23-20(25)14-7-5-10-16(13-14)26-15-8-3-2-4-9-15/h2-13H,1H3. The van der Waals surface area contributed by atoms with E-state index in [-0.39, 0.29) is 5.82 Å². The Labute approximate surface area is 158 Å². The third-order valence-corrected chi connectivity index (χ3v) is 5.13. The van der Waals surface area contributed by atoms with E-state index in [0.717, 1.165) is 4.70 Å². The lowest BCUT2D eigenvalue weighted by Gasteiger charge is -2.06. The Kier molecular flexibility index (Phi) is 4.56. The maximum atomic E-state index is 14.0. The molecule has 3 aromatic carbocycles. The van der Waals surface area contributed by atoms with Gasteiger partial charge in [0.2, 0.25) is 0 Å². The van der Waals surface area contributed by atoms with Crippen molar-refractivity contribution in [2.75, 3.05) is 0 Å². The van der Waals surface area contributed by atoms with Crippen LogP contribution in [0.25, 0.3) is 10.2 Å². The van der Waals surface area contributed by atoms with Crippen molar-refractivity contribution in [2.45, 2.75) is 0 Å². The van der Waals surface area contributed by atoms with Crippen LogP contribution in [-0.2, 0) is 7.05 Å². The van der Waals surface area contributed by atoms with Gasteiger partial charge in [-0.1, -0.05) is 41.7 Å². The van der Waals surface area contributed by atoms with Gasteiger partial charge in [-0.05, 0) is 42.5 Å². The zero-order chi connectivity index (χ0) is 18.8. The predicted molar refractivity (Wildman–Crippen MR) is 104 cm³/mol. The lowest BCUT2D eigenvalue weighted by Crippen LogP contribution is -2.13. The lowest BCUT2D eigenvalue weighted by molar-refractivity contribution is 0.0997. The van der Waals surface area contributed by atoms with Gasteiger partial charge in [0.25, 0.3) is 5.91 Å². The number of carbonyl (C=O) groups is 1. The van der Waals surface area contributed by atoms with E-state index < -0.39 is 5.91 Å². The van der Waals surface area contributed by atoms with E-state index in [1.165, 1.54) is 17.4 Å². The zero-order valence-corrected chi connectivity index (χ0v) is 15.2. The predicted octanol–water partition coefficient (Wildman–Crippen LogP) is 4.91. The number of carbonyl (C=O) groups excluding carboxylic acids is 1. The summed E-state index contributed by atoms with van der Waals surface area (Å²) >= 11 is 1.27. The second kappa shape index (κ2) is 7.17. The van der Waals surface area contributed by atoms with Crippen molar-refractivity contribution >= 4 is 27.5 Å². The van der Waals surface area contributed by atoms with Crippen LogP contribution in [0.5, 0.6) is 11.5 Å². The molecule has 0 N–H and O–H groups in total.